The number of rotatable bonds is 2. The first-order valence-electron chi connectivity index (χ1n) is 6.18. The second kappa shape index (κ2) is 4.77. The predicted molar refractivity (Wildman–Crippen MR) is 75.3 cm³/mol. The van der Waals surface area contributed by atoms with Gasteiger partial charge in [0.1, 0.15) is 0 Å². The monoisotopic (exact) mass is 238 g/mol. The molecule has 2 aromatic rings. The van der Waals surface area contributed by atoms with E-state index in [0.29, 0.717) is 0 Å². The minimum atomic E-state index is 0.110. The Labute approximate surface area is 108 Å². The van der Waals surface area contributed by atoms with Crippen molar-refractivity contribution in [2.75, 3.05) is 0 Å². The van der Waals surface area contributed by atoms with E-state index in [1.165, 1.54) is 5.56 Å². The van der Waals surface area contributed by atoms with E-state index in [-0.39, 0.29) is 5.78 Å². The van der Waals surface area contributed by atoms with Gasteiger partial charge in [0.05, 0.1) is 0 Å². The molecule has 18 heavy (non-hydrogen) atoms. The molecule has 2 aromatic carbocycles. The van der Waals surface area contributed by atoms with Crippen LogP contribution in [0.5, 0.6) is 0 Å². The summed E-state index contributed by atoms with van der Waals surface area (Å²) >= 11 is 0. The van der Waals surface area contributed by atoms with E-state index in [2.05, 4.69) is 6.92 Å². The largest absolute Gasteiger partial charge is 0.289 e. The Hall–Kier alpha value is -1.89. The molecule has 1 nitrogen and oxygen atoms in total. The van der Waals surface area contributed by atoms with Crippen LogP contribution in [-0.4, -0.2) is 5.78 Å². The van der Waals surface area contributed by atoms with Crippen molar-refractivity contribution in [2.24, 2.45) is 0 Å². The van der Waals surface area contributed by atoms with Crippen molar-refractivity contribution in [3.05, 3.63) is 69.8 Å². The molecule has 92 valence electrons. The number of hydrogen-bond donors (Lipinski definition) is 0. The summed E-state index contributed by atoms with van der Waals surface area (Å²) in [6.07, 6.45) is 0. The number of carbonyl (C=O) groups excluding carboxylic acids is 1. The number of carbonyl (C=O) groups is 1. The highest BCUT2D eigenvalue weighted by Gasteiger charge is 2.12. The van der Waals surface area contributed by atoms with Gasteiger partial charge in [-0.3, -0.25) is 4.79 Å². The third kappa shape index (κ3) is 2.35. The zero-order valence-corrected chi connectivity index (χ0v) is 11.4. The van der Waals surface area contributed by atoms with Gasteiger partial charge in [-0.25, -0.2) is 0 Å². The molecule has 2 rings (SSSR count). The van der Waals surface area contributed by atoms with E-state index in [4.69, 9.17) is 0 Å². The smallest absolute Gasteiger partial charge is 0.193 e. The van der Waals surface area contributed by atoms with Gasteiger partial charge in [0.25, 0.3) is 0 Å². The number of benzene rings is 2. The summed E-state index contributed by atoms with van der Waals surface area (Å²) in [7, 11) is 0. The summed E-state index contributed by atoms with van der Waals surface area (Å²) in [5.74, 6) is 0.110. The van der Waals surface area contributed by atoms with E-state index in [1.54, 1.807) is 0 Å². The van der Waals surface area contributed by atoms with Gasteiger partial charge in [0, 0.05) is 11.1 Å². The van der Waals surface area contributed by atoms with Crippen LogP contribution in [0.25, 0.3) is 0 Å². The van der Waals surface area contributed by atoms with Gasteiger partial charge >= 0.3 is 0 Å². The van der Waals surface area contributed by atoms with Crippen molar-refractivity contribution < 1.29 is 4.79 Å². The highest BCUT2D eigenvalue weighted by molar-refractivity contribution is 6.10. The first-order valence-corrected chi connectivity index (χ1v) is 6.18. The lowest BCUT2D eigenvalue weighted by atomic mass is 9.95. The lowest BCUT2D eigenvalue weighted by Gasteiger charge is -2.08. The summed E-state index contributed by atoms with van der Waals surface area (Å²) in [6, 6.07) is 11.9. The molecule has 0 aromatic heterocycles. The molecule has 0 bridgehead atoms. The van der Waals surface area contributed by atoms with Crippen molar-refractivity contribution in [2.45, 2.75) is 27.7 Å². The van der Waals surface area contributed by atoms with Crippen LogP contribution in [0.15, 0.2) is 36.4 Å². The Kier molecular flexibility index (Phi) is 3.33. The van der Waals surface area contributed by atoms with Gasteiger partial charge in [-0.2, -0.15) is 0 Å². The molecule has 0 atom stereocenters. The fourth-order valence-corrected chi connectivity index (χ4v) is 2.02. The average molecular weight is 238 g/mol. The fraction of sp³-hybridized carbons (Fsp3) is 0.235. The molecular weight excluding hydrogens is 220 g/mol. The van der Waals surface area contributed by atoms with E-state index in [1.807, 2.05) is 57.2 Å². The Balaban J connectivity index is 2.47. The molecule has 0 spiro atoms. The van der Waals surface area contributed by atoms with Crippen molar-refractivity contribution in [3.8, 4) is 0 Å². The predicted octanol–water partition coefficient (Wildman–Crippen LogP) is 4.15. The molecule has 0 saturated heterocycles. The molecule has 0 fully saturated rings. The molecule has 0 heterocycles. The minimum absolute atomic E-state index is 0.110. The van der Waals surface area contributed by atoms with Gasteiger partial charge in [0.2, 0.25) is 0 Å². The van der Waals surface area contributed by atoms with Crippen LogP contribution in [0, 0.1) is 27.7 Å². The average Bonchev–Trinajstić information content (AvgIpc) is 2.35. The van der Waals surface area contributed by atoms with Gasteiger partial charge in [-0.1, -0.05) is 29.8 Å². The molecule has 0 aliphatic rings. The summed E-state index contributed by atoms with van der Waals surface area (Å²) in [6.45, 7) is 8.08. The summed E-state index contributed by atoms with van der Waals surface area (Å²) in [5.41, 5.74) is 6.10. The van der Waals surface area contributed by atoms with Crippen molar-refractivity contribution >= 4 is 5.78 Å². The summed E-state index contributed by atoms with van der Waals surface area (Å²) in [5, 5.41) is 0. The van der Waals surface area contributed by atoms with E-state index in [9.17, 15) is 4.79 Å². The topological polar surface area (TPSA) is 17.1 Å². The van der Waals surface area contributed by atoms with Crippen molar-refractivity contribution in [3.63, 3.8) is 0 Å². The van der Waals surface area contributed by atoms with Gasteiger partial charge in [0.15, 0.2) is 5.78 Å². The highest BCUT2D eigenvalue weighted by Crippen LogP contribution is 2.18. The number of ketones is 1. The molecule has 0 saturated carbocycles. The second-order valence-electron chi connectivity index (χ2n) is 4.95. The van der Waals surface area contributed by atoms with Crippen LogP contribution < -0.4 is 0 Å². The lowest BCUT2D eigenvalue weighted by Crippen LogP contribution is -2.04. The van der Waals surface area contributed by atoms with E-state index < -0.39 is 0 Å². The second-order valence-corrected chi connectivity index (χ2v) is 4.95. The summed E-state index contributed by atoms with van der Waals surface area (Å²) in [4.78, 5) is 12.5. The Bertz CT molecular complexity index is 609. The normalized spacial score (nSPS) is 10.4. The summed E-state index contributed by atoms with van der Waals surface area (Å²) < 4.78 is 0. The first-order chi connectivity index (χ1) is 8.49. The molecule has 0 unspecified atom stereocenters. The maximum Gasteiger partial charge on any atom is 0.193 e. The molecule has 0 radical (unpaired) electrons. The first kappa shape index (κ1) is 12.6. The van der Waals surface area contributed by atoms with Crippen LogP contribution in [0.3, 0.4) is 0 Å². The fourth-order valence-electron chi connectivity index (χ4n) is 2.02. The zero-order chi connectivity index (χ0) is 13.3. The molecule has 0 N–H and O–H groups in total. The van der Waals surface area contributed by atoms with Crippen molar-refractivity contribution in [1.29, 1.82) is 0 Å². The van der Waals surface area contributed by atoms with Crippen LogP contribution in [0.4, 0.5) is 0 Å². The van der Waals surface area contributed by atoms with Crippen molar-refractivity contribution in [1.82, 2.24) is 0 Å². The minimum Gasteiger partial charge on any atom is -0.289 e. The van der Waals surface area contributed by atoms with Crippen LogP contribution >= 0.6 is 0 Å². The molecule has 1 heteroatoms. The SMILES string of the molecule is Cc1ccc(C)c(C(=O)c2ccc(C)c(C)c2)c1. The third-order valence-corrected chi connectivity index (χ3v) is 3.41. The van der Waals surface area contributed by atoms with Gasteiger partial charge in [-0.15, -0.1) is 0 Å². The van der Waals surface area contributed by atoms with E-state index in [0.717, 1.165) is 27.8 Å². The Morgan fingerprint density at radius 2 is 1.44 bits per heavy atom. The zero-order valence-electron chi connectivity index (χ0n) is 11.4. The highest BCUT2D eigenvalue weighted by atomic mass is 16.1. The number of aryl methyl sites for hydroxylation is 4. The lowest BCUT2D eigenvalue weighted by molar-refractivity contribution is 0.103. The Morgan fingerprint density at radius 1 is 0.778 bits per heavy atom. The standard InChI is InChI=1S/C17H18O/c1-11-5-6-13(3)16(9-11)17(18)15-8-7-12(2)14(4)10-15/h5-10H,1-4H3. The van der Waals surface area contributed by atoms with Gasteiger partial charge < -0.3 is 0 Å². The number of hydrogen-bond acceptors (Lipinski definition) is 1. The van der Waals surface area contributed by atoms with Crippen LogP contribution in [0.2, 0.25) is 0 Å². The van der Waals surface area contributed by atoms with Crippen LogP contribution in [0.1, 0.15) is 38.2 Å². The quantitative estimate of drug-likeness (QED) is 0.718. The molecule has 0 amide bonds. The van der Waals surface area contributed by atoms with Crippen LogP contribution in [-0.2, 0) is 0 Å². The molecule has 0 aliphatic heterocycles. The Morgan fingerprint density at radius 3 is 2.11 bits per heavy atom. The van der Waals surface area contributed by atoms with E-state index >= 15 is 0 Å². The maximum absolute atomic E-state index is 12.5. The third-order valence-electron chi connectivity index (χ3n) is 3.41. The maximum atomic E-state index is 12.5. The molecular formula is C17H18O. The van der Waals surface area contributed by atoms with Gasteiger partial charge in [-0.05, 0) is 56.5 Å². The molecule has 0 aliphatic carbocycles.